The molecular weight excluding hydrogens is 368 g/mol. The van der Waals surface area contributed by atoms with Gasteiger partial charge >= 0.3 is 5.97 Å². The molecule has 0 aliphatic heterocycles. The second-order valence-electron chi connectivity index (χ2n) is 6.49. The van der Waals surface area contributed by atoms with E-state index in [1.54, 1.807) is 12.1 Å². The van der Waals surface area contributed by atoms with Crippen LogP contribution in [0.2, 0.25) is 0 Å². The highest BCUT2D eigenvalue weighted by molar-refractivity contribution is 9.10. The number of esters is 1. The molecule has 4 nitrogen and oxygen atoms in total. The van der Waals surface area contributed by atoms with Crippen LogP contribution in [0.25, 0.3) is 0 Å². The SMILES string of the molecule is C=CCOC(=O)c1cc(Br)c(N)c(CNC(C)C2CCCCC2)c1. The highest BCUT2D eigenvalue weighted by Crippen LogP contribution is 2.28. The Hall–Kier alpha value is -1.33. The molecule has 1 unspecified atom stereocenters. The number of hydrogen-bond donors (Lipinski definition) is 2. The van der Waals surface area contributed by atoms with Crippen LogP contribution < -0.4 is 11.1 Å². The van der Waals surface area contributed by atoms with Crippen molar-refractivity contribution < 1.29 is 9.53 Å². The molecule has 132 valence electrons. The molecule has 1 fully saturated rings. The van der Waals surface area contributed by atoms with Gasteiger partial charge in [0.25, 0.3) is 0 Å². The van der Waals surface area contributed by atoms with Crippen molar-refractivity contribution in [1.29, 1.82) is 0 Å². The Labute approximate surface area is 153 Å². The van der Waals surface area contributed by atoms with Crippen LogP contribution in [-0.2, 0) is 11.3 Å². The molecule has 0 saturated heterocycles. The van der Waals surface area contributed by atoms with Crippen molar-refractivity contribution in [1.82, 2.24) is 5.32 Å². The molecule has 2 rings (SSSR count). The number of ether oxygens (including phenoxy) is 1. The number of nitrogen functional groups attached to an aromatic ring is 1. The number of carbonyl (C=O) groups excluding carboxylic acids is 1. The summed E-state index contributed by atoms with van der Waals surface area (Å²) in [5.74, 6) is 0.362. The van der Waals surface area contributed by atoms with Gasteiger partial charge in [-0.1, -0.05) is 31.9 Å². The van der Waals surface area contributed by atoms with E-state index in [2.05, 4.69) is 34.7 Å². The first-order valence-corrected chi connectivity index (χ1v) is 9.41. The first kappa shape index (κ1) is 19.0. The molecule has 0 spiro atoms. The predicted molar refractivity (Wildman–Crippen MR) is 102 cm³/mol. The van der Waals surface area contributed by atoms with E-state index in [-0.39, 0.29) is 12.6 Å². The average molecular weight is 395 g/mol. The van der Waals surface area contributed by atoms with Crippen LogP contribution >= 0.6 is 15.9 Å². The summed E-state index contributed by atoms with van der Waals surface area (Å²) < 4.78 is 5.83. The number of anilines is 1. The Kier molecular flexibility index (Phi) is 7.31. The molecule has 1 aliphatic carbocycles. The first-order chi connectivity index (χ1) is 11.5. The lowest BCUT2D eigenvalue weighted by Gasteiger charge is -2.28. The smallest absolute Gasteiger partial charge is 0.338 e. The highest BCUT2D eigenvalue weighted by atomic mass is 79.9. The van der Waals surface area contributed by atoms with Gasteiger partial charge in [-0.05, 0) is 59.3 Å². The van der Waals surface area contributed by atoms with Crippen molar-refractivity contribution in [3.8, 4) is 0 Å². The molecule has 0 radical (unpaired) electrons. The van der Waals surface area contributed by atoms with E-state index < -0.39 is 0 Å². The summed E-state index contributed by atoms with van der Waals surface area (Å²) in [5.41, 5.74) is 8.24. The molecule has 0 amide bonds. The van der Waals surface area contributed by atoms with Crippen LogP contribution in [-0.4, -0.2) is 18.6 Å². The van der Waals surface area contributed by atoms with E-state index in [1.165, 1.54) is 32.1 Å². The number of carbonyl (C=O) groups is 1. The number of rotatable bonds is 7. The quantitative estimate of drug-likeness (QED) is 0.407. The Morgan fingerprint density at radius 3 is 2.83 bits per heavy atom. The molecule has 0 heterocycles. The van der Waals surface area contributed by atoms with E-state index in [1.807, 2.05) is 6.07 Å². The number of benzene rings is 1. The van der Waals surface area contributed by atoms with Gasteiger partial charge in [0.1, 0.15) is 6.61 Å². The third-order valence-corrected chi connectivity index (χ3v) is 5.41. The Morgan fingerprint density at radius 1 is 1.46 bits per heavy atom. The van der Waals surface area contributed by atoms with E-state index >= 15 is 0 Å². The first-order valence-electron chi connectivity index (χ1n) is 8.62. The van der Waals surface area contributed by atoms with Gasteiger partial charge in [-0.2, -0.15) is 0 Å². The van der Waals surface area contributed by atoms with Gasteiger partial charge in [0.2, 0.25) is 0 Å². The Bertz CT molecular complexity index is 583. The second-order valence-corrected chi connectivity index (χ2v) is 7.34. The number of hydrogen-bond acceptors (Lipinski definition) is 4. The third-order valence-electron chi connectivity index (χ3n) is 4.75. The molecule has 5 heteroatoms. The zero-order valence-corrected chi connectivity index (χ0v) is 15.9. The average Bonchev–Trinajstić information content (AvgIpc) is 2.61. The van der Waals surface area contributed by atoms with Gasteiger partial charge in [-0.25, -0.2) is 4.79 Å². The largest absolute Gasteiger partial charge is 0.458 e. The summed E-state index contributed by atoms with van der Waals surface area (Å²) in [6.07, 6.45) is 8.16. The van der Waals surface area contributed by atoms with Crippen LogP contribution in [0.4, 0.5) is 5.69 Å². The fourth-order valence-corrected chi connectivity index (χ4v) is 3.73. The molecule has 0 aromatic heterocycles. The molecule has 1 aliphatic rings. The fraction of sp³-hybridized carbons (Fsp3) is 0.526. The van der Waals surface area contributed by atoms with Crippen molar-refractivity contribution in [2.45, 2.75) is 51.6 Å². The lowest BCUT2D eigenvalue weighted by molar-refractivity contribution is 0.0549. The summed E-state index contributed by atoms with van der Waals surface area (Å²) in [4.78, 5) is 12.1. The highest BCUT2D eigenvalue weighted by Gasteiger charge is 2.20. The second kappa shape index (κ2) is 9.23. The van der Waals surface area contributed by atoms with Crippen molar-refractivity contribution in [2.75, 3.05) is 12.3 Å². The van der Waals surface area contributed by atoms with Crippen LogP contribution in [0.3, 0.4) is 0 Å². The predicted octanol–water partition coefficient (Wildman–Crippen LogP) is 4.43. The lowest BCUT2D eigenvalue weighted by Crippen LogP contribution is -2.34. The molecule has 3 N–H and O–H groups in total. The summed E-state index contributed by atoms with van der Waals surface area (Å²) in [5, 5.41) is 3.58. The monoisotopic (exact) mass is 394 g/mol. The molecule has 0 bridgehead atoms. The maximum atomic E-state index is 12.1. The fourth-order valence-electron chi connectivity index (χ4n) is 3.23. The lowest BCUT2D eigenvalue weighted by atomic mass is 9.84. The van der Waals surface area contributed by atoms with E-state index in [4.69, 9.17) is 10.5 Å². The molecular formula is C19H27BrN2O2. The maximum absolute atomic E-state index is 12.1. The van der Waals surface area contributed by atoms with Crippen LogP contribution in [0.15, 0.2) is 29.3 Å². The molecule has 1 aromatic rings. The zero-order valence-electron chi connectivity index (χ0n) is 14.3. The van der Waals surface area contributed by atoms with Crippen LogP contribution in [0.1, 0.15) is 54.9 Å². The summed E-state index contributed by atoms with van der Waals surface area (Å²) in [6.45, 7) is 6.64. The minimum absolute atomic E-state index is 0.202. The van der Waals surface area contributed by atoms with Gasteiger partial charge in [0, 0.05) is 17.1 Å². The van der Waals surface area contributed by atoms with E-state index in [0.717, 1.165) is 16.0 Å². The van der Waals surface area contributed by atoms with E-state index in [0.29, 0.717) is 23.8 Å². The van der Waals surface area contributed by atoms with Crippen molar-refractivity contribution >= 4 is 27.6 Å². The summed E-state index contributed by atoms with van der Waals surface area (Å²) in [6, 6.07) is 3.96. The van der Waals surface area contributed by atoms with Crippen molar-refractivity contribution in [2.24, 2.45) is 5.92 Å². The van der Waals surface area contributed by atoms with Crippen molar-refractivity contribution in [3.05, 3.63) is 40.4 Å². The summed E-state index contributed by atoms with van der Waals surface area (Å²) >= 11 is 3.44. The maximum Gasteiger partial charge on any atom is 0.338 e. The molecule has 1 saturated carbocycles. The van der Waals surface area contributed by atoms with E-state index in [9.17, 15) is 4.79 Å². The normalized spacial score (nSPS) is 16.6. The standard InChI is InChI=1S/C19H27BrN2O2/c1-3-9-24-19(23)15-10-16(18(21)17(20)11-15)12-22-13(2)14-7-5-4-6-8-14/h3,10-11,13-14,22H,1,4-9,12,21H2,2H3. The number of nitrogens with two attached hydrogens (primary N) is 1. The van der Waals surface area contributed by atoms with Crippen molar-refractivity contribution in [3.63, 3.8) is 0 Å². The van der Waals surface area contributed by atoms with Gasteiger partial charge in [0.15, 0.2) is 0 Å². The molecule has 1 atom stereocenters. The minimum atomic E-state index is -0.364. The van der Waals surface area contributed by atoms with Gasteiger partial charge in [-0.3, -0.25) is 0 Å². The van der Waals surface area contributed by atoms with Crippen LogP contribution in [0.5, 0.6) is 0 Å². The van der Waals surface area contributed by atoms with Gasteiger partial charge in [-0.15, -0.1) is 0 Å². The minimum Gasteiger partial charge on any atom is -0.458 e. The number of halogens is 1. The summed E-state index contributed by atoms with van der Waals surface area (Å²) in [7, 11) is 0. The zero-order chi connectivity index (χ0) is 17.5. The van der Waals surface area contributed by atoms with Crippen LogP contribution in [0, 0.1) is 5.92 Å². The topological polar surface area (TPSA) is 64.3 Å². The number of nitrogens with one attached hydrogen (secondary N) is 1. The Balaban J connectivity index is 2.04. The van der Waals surface area contributed by atoms with Gasteiger partial charge < -0.3 is 15.8 Å². The molecule has 1 aromatic carbocycles. The van der Waals surface area contributed by atoms with Gasteiger partial charge in [0.05, 0.1) is 11.3 Å². The Morgan fingerprint density at radius 2 is 2.17 bits per heavy atom. The third kappa shape index (κ3) is 5.08. The molecule has 24 heavy (non-hydrogen) atoms.